The van der Waals surface area contributed by atoms with Crippen molar-refractivity contribution < 1.29 is 9.47 Å². The molecule has 0 saturated heterocycles. The van der Waals surface area contributed by atoms with Crippen LogP contribution in [0.3, 0.4) is 0 Å². The van der Waals surface area contributed by atoms with E-state index in [9.17, 15) is 0 Å². The largest absolute Gasteiger partial charge is 0.486 e. The van der Waals surface area contributed by atoms with Gasteiger partial charge in [-0.15, -0.1) is 6.58 Å². The molecule has 17 heavy (non-hydrogen) atoms. The number of hydrogen-bond donors (Lipinski definition) is 1. The molecule has 1 atom stereocenters. The Labute approximate surface area is 102 Å². The Hall–Kier alpha value is -1.48. The van der Waals surface area contributed by atoms with Gasteiger partial charge < -0.3 is 14.8 Å². The molecule has 1 unspecified atom stereocenters. The van der Waals surface area contributed by atoms with Crippen LogP contribution < -0.4 is 14.8 Å². The van der Waals surface area contributed by atoms with Crippen LogP contribution in [0.15, 0.2) is 30.9 Å². The van der Waals surface area contributed by atoms with Gasteiger partial charge in [0, 0.05) is 6.04 Å². The van der Waals surface area contributed by atoms with Crippen molar-refractivity contribution in [1.82, 2.24) is 5.32 Å². The number of ether oxygens (including phenoxy) is 2. The third-order valence-corrected chi connectivity index (χ3v) is 2.84. The highest BCUT2D eigenvalue weighted by Crippen LogP contribution is 2.30. The zero-order valence-corrected chi connectivity index (χ0v) is 10.2. The first-order chi connectivity index (χ1) is 8.29. The SMILES string of the molecule is C=CC(C)NCCc1ccc2c(c1)OCCO2. The normalized spacial score (nSPS) is 15.4. The summed E-state index contributed by atoms with van der Waals surface area (Å²) in [6.07, 6.45) is 2.89. The molecule has 3 nitrogen and oxygen atoms in total. The molecule has 1 N–H and O–H groups in total. The second-order valence-electron chi connectivity index (χ2n) is 4.21. The molecular weight excluding hydrogens is 214 g/mol. The van der Waals surface area contributed by atoms with Crippen LogP contribution in [0.25, 0.3) is 0 Å². The summed E-state index contributed by atoms with van der Waals surface area (Å²) in [7, 11) is 0. The van der Waals surface area contributed by atoms with Gasteiger partial charge in [-0.25, -0.2) is 0 Å². The zero-order valence-electron chi connectivity index (χ0n) is 10.2. The molecule has 2 rings (SSSR count). The molecule has 0 aromatic heterocycles. The maximum Gasteiger partial charge on any atom is 0.161 e. The van der Waals surface area contributed by atoms with E-state index in [1.54, 1.807) is 0 Å². The molecule has 0 fully saturated rings. The molecule has 1 aliphatic rings. The van der Waals surface area contributed by atoms with Gasteiger partial charge in [0.25, 0.3) is 0 Å². The van der Waals surface area contributed by atoms with Crippen molar-refractivity contribution in [2.24, 2.45) is 0 Å². The lowest BCUT2D eigenvalue weighted by molar-refractivity contribution is 0.171. The maximum absolute atomic E-state index is 5.55. The first-order valence-electron chi connectivity index (χ1n) is 6.04. The Morgan fingerprint density at radius 1 is 1.35 bits per heavy atom. The highest BCUT2D eigenvalue weighted by Gasteiger charge is 2.11. The molecule has 0 bridgehead atoms. The minimum Gasteiger partial charge on any atom is -0.486 e. The summed E-state index contributed by atoms with van der Waals surface area (Å²) in [5, 5.41) is 3.37. The first kappa shape index (κ1) is 12.0. The summed E-state index contributed by atoms with van der Waals surface area (Å²) in [5.41, 5.74) is 1.26. The highest BCUT2D eigenvalue weighted by molar-refractivity contribution is 5.43. The van der Waals surface area contributed by atoms with Crippen LogP contribution in [0.1, 0.15) is 12.5 Å². The summed E-state index contributed by atoms with van der Waals surface area (Å²) in [6.45, 7) is 8.06. The van der Waals surface area contributed by atoms with Crippen molar-refractivity contribution in [2.75, 3.05) is 19.8 Å². The van der Waals surface area contributed by atoms with Crippen LogP contribution in [-0.2, 0) is 6.42 Å². The van der Waals surface area contributed by atoms with E-state index in [4.69, 9.17) is 9.47 Å². The van der Waals surface area contributed by atoms with E-state index < -0.39 is 0 Å². The van der Waals surface area contributed by atoms with Gasteiger partial charge in [-0.1, -0.05) is 12.1 Å². The Bertz CT molecular complexity index is 390. The van der Waals surface area contributed by atoms with Crippen molar-refractivity contribution in [3.63, 3.8) is 0 Å². The van der Waals surface area contributed by atoms with Gasteiger partial charge in [0.05, 0.1) is 0 Å². The standard InChI is InChI=1S/C14H19NO2/c1-3-11(2)15-7-6-12-4-5-13-14(10-12)17-9-8-16-13/h3-5,10-11,15H,1,6-9H2,2H3. The average molecular weight is 233 g/mol. The summed E-state index contributed by atoms with van der Waals surface area (Å²) in [4.78, 5) is 0. The lowest BCUT2D eigenvalue weighted by atomic mass is 10.1. The predicted molar refractivity (Wildman–Crippen MR) is 68.8 cm³/mol. The first-order valence-corrected chi connectivity index (χ1v) is 6.04. The Morgan fingerprint density at radius 2 is 2.12 bits per heavy atom. The number of hydrogen-bond acceptors (Lipinski definition) is 3. The van der Waals surface area contributed by atoms with Crippen LogP contribution >= 0.6 is 0 Å². The third-order valence-electron chi connectivity index (χ3n) is 2.84. The summed E-state index contributed by atoms with van der Waals surface area (Å²) in [6, 6.07) is 6.50. The van der Waals surface area contributed by atoms with Gasteiger partial charge >= 0.3 is 0 Å². The van der Waals surface area contributed by atoms with Gasteiger partial charge in [-0.2, -0.15) is 0 Å². The van der Waals surface area contributed by atoms with E-state index in [0.29, 0.717) is 19.3 Å². The second-order valence-corrected chi connectivity index (χ2v) is 4.21. The lowest BCUT2D eigenvalue weighted by Gasteiger charge is -2.19. The van der Waals surface area contributed by atoms with Crippen LogP contribution in [0, 0.1) is 0 Å². The Kier molecular flexibility index (Phi) is 4.04. The number of nitrogens with one attached hydrogen (secondary N) is 1. The van der Waals surface area contributed by atoms with Crippen molar-refractivity contribution in [2.45, 2.75) is 19.4 Å². The summed E-state index contributed by atoms with van der Waals surface area (Å²) in [5.74, 6) is 1.72. The zero-order chi connectivity index (χ0) is 12.1. The van der Waals surface area contributed by atoms with E-state index in [2.05, 4.69) is 31.0 Å². The molecular formula is C14H19NO2. The smallest absolute Gasteiger partial charge is 0.161 e. The topological polar surface area (TPSA) is 30.5 Å². The van der Waals surface area contributed by atoms with Crippen molar-refractivity contribution in [3.05, 3.63) is 36.4 Å². The van der Waals surface area contributed by atoms with Crippen molar-refractivity contribution in [3.8, 4) is 11.5 Å². The second kappa shape index (κ2) is 5.73. The average Bonchev–Trinajstić information content (AvgIpc) is 2.38. The molecule has 3 heteroatoms. The molecule has 0 saturated carbocycles. The fraction of sp³-hybridized carbons (Fsp3) is 0.429. The number of benzene rings is 1. The van der Waals surface area contributed by atoms with Crippen molar-refractivity contribution in [1.29, 1.82) is 0 Å². The van der Waals surface area contributed by atoms with Crippen molar-refractivity contribution >= 4 is 0 Å². The maximum atomic E-state index is 5.55. The van der Waals surface area contributed by atoms with Gasteiger partial charge in [-0.3, -0.25) is 0 Å². The van der Waals surface area contributed by atoms with E-state index in [-0.39, 0.29) is 0 Å². The highest BCUT2D eigenvalue weighted by atomic mass is 16.6. The molecule has 0 amide bonds. The lowest BCUT2D eigenvalue weighted by Crippen LogP contribution is -2.26. The minimum atomic E-state index is 0.354. The molecule has 1 aromatic carbocycles. The van der Waals surface area contributed by atoms with Gasteiger partial charge in [0.15, 0.2) is 11.5 Å². The van der Waals surface area contributed by atoms with E-state index in [1.807, 2.05) is 12.1 Å². The van der Waals surface area contributed by atoms with Crippen LogP contribution in [0.2, 0.25) is 0 Å². The Morgan fingerprint density at radius 3 is 2.88 bits per heavy atom. The quantitative estimate of drug-likeness (QED) is 0.791. The third kappa shape index (κ3) is 3.24. The van der Waals surface area contributed by atoms with E-state index >= 15 is 0 Å². The van der Waals surface area contributed by atoms with Gasteiger partial charge in [0.2, 0.25) is 0 Å². The van der Waals surface area contributed by atoms with E-state index in [0.717, 1.165) is 24.5 Å². The fourth-order valence-corrected chi connectivity index (χ4v) is 1.77. The predicted octanol–water partition coefficient (Wildman–Crippen LogP) is 2.16. The number of rotatable bonds is 5. The molecule has 0 radical (unpaired) electrons. The minimum absolute atomic E-state index is 0.354. The summed E-state index contributed by atoms with van der Waals surface area (Å²) < 4.78 is 11.0. The monoisotopic (exact) mass is 233 g/mol. The molecule has 1 aliphatic heterocycles. The molecule has 92 valence electrons. The molecule has 1 aromatic rings. The van der Waals surface area contributed by atoms with Gasteiger partial charge in [0.1, 0.15) is 13.2 Å². The van der Waals surface area contributed by atoms with Gasteiger partial charge in [-0.05, 0) is 37.6 Å². The molecule has 0 spiro atoms. The molecule has 1 heterocycles. The van der Waals surface area contributed by atoms with E-state index in [1.165, 1.54) is 5.56 Å². The Balaban J connectivity index is 1.91. The van der Waals surface area contributed by atoms with Crippen LogP contribution in [-0.4, -0.2) is 25.8 Å². The fourth-order valence-electron chi connectivity index (χ4n) is 1.77. The summed E-state index contributed by atoms with van der Waals surface area (Å²) >= 11 is 0. The van der Waals surface area contributed by atoms with Crippen LogP contribution in [0.4, 0.5) is 0 Å². The number of fused-ring (bicyclic) bond motifs is 1. The molecule has 0 aliphatic carbocycles. The van der Waals surface area contributed by atoms with Crippen LogP contribution in [0.5, 0.6) is 11.5 Å².